The Kier molecular flexibility index (Phi) is 3.31. The number of hydrogen-bond donors (Lipinski definition) is 1. The number of hydrogen-bond acceptors (Lipinski definition) is 3. The van der Waals surface area contributed by atoms with E-state index in [9.17, 15) is 4.39 Å². The molecule has 1 aromatic carbocycles. The van der Waals surface area contributed by atoms with Crippen molar-refractivity contribution < 1.29 is 9.13 Å². The minimum Gasteiger partial charge on any atom is -0.481 e. The number of halogens is 2. The predicted octanol–water partition coefficient (Wildman–Crippen LogP) is 3.99. The first-order valence-electron chi connectivity index (χ1n) is 5.71. The Hall–Kier alpha value is -1.73. The van der Waals surface area contributed by atoms with Gasteiger partial charge in [0.25, 0.3) is 0 Å². The third-order valence-electron chi connectivity index (χ3n) is 2.88. The highest BCUT2D eigenvalue weighted by molar-refractivity contribution is 9.10. The fraction of sp³-hybridized carbons (Fsp3) is 0.0769. The van der Waals surface area contributed by atoms with Crippen LogP contribution in [-0.2, 0) is 0 Å². The number of pyridine rings is 1. The van der Waals surface area contributed by atoms with Crippen molar-refractivity contribution in [2.45, 2.75) is 0 Å². The second kappa shape index (κ2) is 4.99. The summed E-state index contributed by atoms with van der Waals surface area (Å²) in [4.78, 5) is 7.44. The zero-order valence-corrected chi connectivity index (χ0v) is 12.8. The van der Waals surface area contributed by atoms with Gasteiger partial charge in [-0.2, -0.15) is 4.98 Å². The van der Waals surface area contributed by atoms with Gasteiger partial charge < -0.3 is 9.72 Å². The Bertz CT molecular complexity index is 858. The molecule has 4 nitrogen and oxygen atoms in total. The first-order chi connectivity index (χ1) is 9.60. The highest BCUT2D eigenvalue weighted by atomic mass is 79.9. The number of nitrogens with zero attached hydrogens (tertiary/aromatic N) is 2. The third kappa shape index (κ3) is 2.12. The number of ether oxygens (including phenoxy) is 1. The smallest absolute Gasteiger partial charge is 0.215 e. The van der Waals surface area contributed by atoms with Gasteiger partial charge in [0, 0.05) is 6.07 Å². The molecule has 0 saturated carbocycles. The van der Waals surface area contributed by atoms with E-state index in [-0.39, 0.29) is 5.82 Å². The van der Waals surface area contributed by atoms with Crippen molar-refractivity contribution >= 4 is 39.3 Å². The molecule has 20 heavy (non-hydrogen) atoms. The van der Waals surface area contributed by atoms with Crippen LogP contribution in [0.5, 0.6) is 5.88 Å². The van der Waals surface area contributed by atoms with Gasteiger partial charge in [0.1, 0.15) is 5.82 Å². The van der Waals surface area contributed by atoms with Crippen molar-refractivity contribution in [1.29, 1.82) is 0 Å². The van der Waals surface area contributed by atoms with Crippen LogP contribution in [0.1, 0.15) is 0 Å². The van der Waals surface area contributed by atoms with Gasteiger partial charge in [0.2, 0.25) is 5.88 Å². The quantitative estimate of drug-likeness (QED) is 0.708. The van der Waals surface area contributed by atoms with Crippen LogP contribution in [-0.4, -0.2) is 21.6 Å². The second-order valence-electron chi connectivity index (χ2n) is 4.09. The average molecular weight is 354 g/mol. The van der Waals surface area contributed by atoms with Crippen molar-refractivity contribution in [3.8, 4) is 11.6 Å². The maximum atomic E-state index is 13.3. The molecule has 0 unspecified atom stereocenters. The molecule has 102 valence electrons. The number of methoxy groups -OCH3 is 1. The normalized spacial score (nSPS) is 10.9. The molecule has 2 heterocycles. The van der Waals surface area contributed by atoms with Crippen LogP contribution in [0.3, 0.4) is 0 Å². The van der Waals surface area contributed by atoms with E-state index in [0.717, 1.165) is 11.2 Å². The summed E-state index contributed by atoms with van der Waals surface area (Å²) < 4.78 is 21.1. The van der Waals surface area contributed by atoms with Crippen LogP contribution < -0.4 is 4.74 Å². The van der Waals surface area contributed by atoms with Crippen LogP contribution in [0, 0.1) is 10.6 Å². The van der Waals surface area contributed by atoms with Gasteiger partial charge in [0.05, 0.1) is 22.8 Å². The number of aromatic amines is 1. The Morgan fingerprint density at radius 3 is 2.85 bits per heavy atom. The van der Waals surface area contributed by atoms with E-state index in [1.54, 1.807) is 29.9 Å². The molecule has 0 fully saturated rings. The van der Waals surface area contributed by atoms with E-state index in [0.29, 0.717) is 20.8 Å². The van der Waals surface area contributed by atoms with Crippen molar-refractivity contribution in [2.75, 3.05) is 7.11 Å². The molecule has 0 spiro atoms. The highest BCUT2D eigenvalue weighted by Crippen LogP contribution is 2.24. The van der Waals surface area contributed by atoms with Crippen molar-refractivity contribution in [2.24, 2.45) is 0 Å². The summed E-state index contributed by atoms with van der Waals surface area (Å²) in [6, 6.07) is 8.26. The number of imidazole rings is 1. The van der Waals surface area contributed by atoms with Crippen molar-refractivity contribution in [3.05, 3.63) is 45.4 Å². The van der Waals surface area contributed by atoms with Crippen LogP contribution in [0.15, 0.2) is 34.8 Å². The standard InChI is InChI=1S/C13H9BrFN3OS/c1-19-11-5-4-10-12(17-11)18(13(20)16-10)7-2-3-9(15)8(14)6-7/h2-6H,1H3,(H,16,20). The Morgan fingerprint density at radius 1 is 1.35 bits per heavy atom. The molecule has 2 aromatic heterocycles. The van der Waals surface area contributed by atoms with Crippen LogP contribution in [0.4, 0.5) is 4.39 Å². The third-order valence-corrected chi connectivity index (χ3v) is 3.77. The van der Waals surface area contributed by atoms with E-state index < -0.39 is 0 Å². The number of H-pyrrole nitrogens is 1. The van der Waals surface area contributed by atoms with E-state index in [1.165, 1.54) is 6.07 Å². The summed E-state index contributed by atoms with van der Waals surface area (Å²) in [5.74, 6) is 0.159. The zero-order chi connectivity index (χ0) is 14.3. The lowest BCUT2D eigenvalue weighted by atomic mass is 10.3. The molecule has 0 bridgehead atoms. The van der Waals surface area contributed by atoms with Gasteiger partial charge in [-0.25, -0.2) is 4.39 Å². The predicted molar refractivity (Wildman–Crippen MR) is 80.5 cm³/mol. The lowest BCUT2D eigenvalue weighted by Gasteiger charge is -2.06. The lowest BCUT2D eigenvalue weighted by Crippen LogP contribution is -1.97. The largest absolute Gasteiger partial charge is 0.481 e. The lowest BCUT2D eigenvalue weighted by molar-refractivity contribution is 0.399. The number of aromatic nitrogens is 3. The highest BCUT2D eigenvalue weighted by Gasteiger charge is 2.10. The van der Waals surface area contributed by atoms with Crippen molar-refractivity contribution in [3.63, 3.8) is 0 Å². The Morgan fingerprint density at radius 2 is 2.15 bits per heavy atom. The summed E-state index contributed by atoms with van der Waals surface area (Å²) in [5, 5.41) is 0. The van der Waals surface area contributed by atoms with Crippen molar-refractivity contribution in [1.82, 2.24) is 14.5 Å². The molecule has 3 rings (SSSR count). The number of nitrogens with one attached hydrogen (secondary N) is 1. The zero-order valence-electron chi connectivity index (χ0n) is 10.4. The minimum absolute atomic E-state index is 0.328. The van der Waals surface area contributed by atoms with E-state index in [4.69, 9.17) is 17.0 Å². The maximum absolute atomic E-state index is 13.3. The monoisotopic (exact) mass is 353 g/mol. The van der Waals surface area contributed by atoms with E-state index >= 15 is 0 Å². The summed E-state index contributed by atoms with van der Waals surface area (Å²) >= 11 is 8.48. The number of fused-ring (bicyclic) bond motifs is 1. The summed E-state index contributed by atoms with van der Waals surface area (Å²) in [5.41, 5.74) is 2.14. The second-order valence-corrected chi connectivity index (χ2v) is 5.33. The molecular formula is C13H9BrFN3OS. The van der Waals surface area contributed by atoms with Crippen LogP contribution in [0.25, 0.3) is 16.9 Å². The van der Waals surface area contributed by atoms with Gasteiger partial charge >= 0.3 is 0 Å². The molecule has 0 aliphatic heterocycles. The van der Waals surface area contributed by atoms with Gasteiger partial charge in [-0.15, -0.1) is 0 Å². The first-order valence-corrected chi connectivity index (χ1v) is 6.91. The molecule has 0 amide bonds. The van der Waals surface area contributed by atoms with Gasteiger partial charge in [-0.3, -0.25) is 4.57 Å². The topological polar surface area (TPSA) is 42.8 Å². The van der Waals surface area contributed by atoms with Gasteiger partial charge in [0.15, 0.2) is 10.4 Å². The first kappa shape index (κ1) is 13.3. The maximum Gasteiger partial charge on any atom is 0.215 e. The molecule has 7 heteroatoms. The summed E-state index contributed by atoms with van der Waals surface area (Å²) in [6.45, 7) is 0. The molecule has 0 atom stereocenters. The molecule has 0 saturated heterocycles. The Labute approximate surface area is 127 Å². The minimum atomic E-state index is -0.328. The van der Waals surface area contributed by atoms with Gasteiger partial charge in [-0.05, 0) is 52.4 Å². The average Bonchev–Trinajstić information content (AvgIpc) is 2.77. The molecular weight excluding hydrogens is 345 g/mol. The number of benzene rings is 1. The summed E-state index contributed by atoms with van der Waals surface area (Å²) in [6.07, 6.45) is 0. The molecule has 0 aliphatic carbocycles. The summed E-state index contributed by atoms with van der Waals surface area (Å²) in [7, 11) is 1.55. The Balaban J connectivity index is 2.31. The van der Waals surface area contributed by atoms with E-state index in [1.807, 2.05) is 6.07 Å². The number of rotatable bonds is 2. The fourth-order valence-electron chi connectivity index (χ4n) is 1.94. The fourth-order valence-corrected chi connectivity index (χ4v) is 2.61. The SMILES string of the molecule is COc1ccc2[nH]c(=S)n(-c3ccc(F)c(Br)c3)c2n1. The molecule has 1 N–H and O–H groups in total. The van der Waals surface area contributed by atoms with Gasteiger partial charge in [-0.1, -0.05) is 0 Å². The van der Waals surface area contributed by atoms with Crippen LogP contribution >= 0.6 is 28.1 Å². The molecule has 0 radical (unpaired) electrons. The van der Waals surface area contributed by atoms with E-state index in [2.05, 4.69) is 25.9 Å². The molecule has 3 aromatic rings. The molecule has 0 aliphatic rings. The van der Waals surface area contributed by atoms with Crippen LogP contribution in [0.2, 0.25) is 0 Å².